The Kier molecular flexibility index (Phi) is 6.18. The highest BCUT2D eigenvalue weighted by molar-refractivity contribution is 7.98. The summed E-state index contributed by atoms with van der Waals surface area (Å²) < 4.78 is 2.30. The molecule has 0 atom stereocenters. The Labute approximate surface area is 198 Å². The molecular weight excluding hydrogens is 426 g/mol. The maximum absolute atomic E-state index is 11.3. The molecule has 1 N–H and O–H groups in total. The highest BCUT2D eigenvalue weighted by Crippen LogP contribution is 2.43. The van der Waals surface area contributed by atoms with Gasteiger partial charge in [-0.25, -0.2) is 4.79 Å². The molecule has 4 aromatic rings. The topological polar surface area (TPSA) is 42.2 Å². The van der Waals surface area contributed by atoms with Crippen LogP contribution < -0.4 is 0 Å². The van der Waals surface area contributed by atoms with Gasteiger partial charge in [-0.2, -0.15) is 0 Å². The number of rotatable bonds is 7. The Hall–Kier alpha value is -3.50. The van der Waals surface area contributed by atoms with E-state index in [2.05, 4.69) is 77.4 Å². The van der Waals surface area contributed by atoms with Gasteiger partial charge in [0.05, 0.1) is 0 Å². The van der Waals surface area contributed by atoms with Crippen LogP contribution in [0, 0.1) is 0 Å². The van der Waals surface area contributed by atoms with Crippen LogP contribution in [0.2, 0.25) is 0 Å². The Morgan fingerprint density at radius 3 is 2.24 bits per heavy atom. The smallest absolute Gasteiger partial charge is 0.328 e. The first-order valence-corrected chi connectivity index (χ1v) is 12.2. The van der Waals surface area contributed by atoms with Crippen molar-refractivity contribution >= 4 is 23.8 Å². The van der Waals surface area contributed by atoms with Crippen LogP contribution in [-0.4, -0.2) is 15.6 Å². The molecule has 2 heterocycles. The van der Waals surface area contributed by atoms with E-state index in [0.29, 0.717) is 0 Å². The van der Waals surface area contributed by atoms with Crippen molar-refractivity contribution in [3.63, 3.8) is 0 Å². The summed E-state index contributed by atoms with van der Waals surface area (Å²) in [5.41, 5.74) is 8.22. The lowest BCUT2D eigenvalue weighted by molar-refractivity contribution is -0.131. The van der Waals surface area contributed by atoms with E-state index in [1.54, 1.807) is 6.08 Å². The third-order valence-corrected chi connectivity index (χ3v) is 7.13. The number of hydrogen-bond donors (Lipinski definition) is 1. The number of hydrogen-bond acceptors (Lipinski definition) is 2. The fourth-order valence-corrected chi connectivity index (χ4v) is 5.45. The third kappa shape index (κ3) is 4.53. The minimum Gasteiger partial charge on any atom is -0.478 e. The maximum Gasteiger partial charge on any atom is 0.328 e. The van der Waals surface area contributed by atoms with Crippen LogP contribution in [0.3, 0.4) is 0 Å². The van der Waals surface area contributed by atoms with Gasteiger partial charge in [0.25, 0.3) is 0 Å². The molecular formula is C29H25NO2S. The van der Waals surface area contributed by atoms with Crippen molar-refractivity contribution in [1.29, 1.82) is 0 Å². The third-order valence-electron chi connectivity index (χ3n) is 6.04. The molecule has 0 radical (unpaired) electrons. The Bertz CT molecular complexity index is 1290. The van der Waals surface area contributed by atoms with Crippen LogP contribution in [0.5, 0.6) is 0 Å². The summed E-state index contributed by atoms with van der Waals surface area (Å²) in [6, 6.07) is 29.6. The maximum atomic E-state index is 11.3. The molecule has 3 aromatic carbocycles. The molecule has 33 heavy (non-hydrogen) atoms. The van der Waals surface area contributed by atoms with Crippen LogP contribution in [0.25, 0.3) is 28.3 Å². The quantitative estimate of drug-likeness (QED) is 0.239. The number of carbonyl (C=O) groups is 1. The number of carboxylic acids is 1. The lowest BCUT2D eigenvalue weighted by Crippen LogP contribution is -1.96. The normalized spacial score (nSPS) is 12.8. The Morgan fingerprint density at radius 2 is 1.55 bits per heavy atom. The second kappa shape index (κ2) is 9.55. The molecule has 164 valence electrons. The summed E-state index contributed by atoms with van der Waals surface area (Å²) in [7, 11) is 0. The van der Waals surface area contributed by atoms with E-state index in [9.17, 15) is 9.90 Å². The van der Waals surface area contributed by atoms with Crippen molar-refractivity contribution in [1.82, 2.24) is 4.57 Å². The van der Waals surface area contributed by atoms with Gasteiger partial charge >= 0.3 is 5.97 Å². The number of carboxylic acid groups (broad SMARTS) is 1. The summed E-state index contributed by atoms with van der Waals surface area (Å²) in [6.45, 7) is 0.916. The first-order valence-electron chi connectivity index (χ1n) is 11.2. The van der Waals surface area contributed by atoms with E-state index >= 15 is 0 Å². The fourth-order valence-electron chi connectivity index (χ4n) is 4.60. The summed E-state index contributed by atoms with van der Waals surface area (Å²) in [5.74, 6) is 0.00572. The number of benzene rings is 3. The molecule has 1 aromatic heterocycles. The van der Waals surface area contributed by atoms with E-state index in [4.69, 9.17) is 0 Å². The zero-order chi connectivity index (χ0) is 22.6. The molecule has 5 rings (SSSR count). The summed E-state index contributed by atoms with van der Waals surface area (Å²) in [6.07, 6.45) is 5.10. The Balaban J connectivity index is 1.56. The number of aliphatic carboxylic acids is 1. The van der Waals surface area contributed by atoms with E-state index in [1.807, 2.05) is 23.9 Å². The van der Waals surface area contributed by atoms with E-state index in [-0.39, 0.29) is 0 Å². The fraction of sp³-hybridized carbons (Fsp3) is 0.138. The van der Waals surface area contributed by atoms with Crippen molar-refractivity contribution in [2.45, 2.75) is 30.0 Å². The van der Waals surface area contributed by atoms with Gasteiger partial charge in [0, 0.05) is 45.8 Å². The average Bonchev–Trinajstić information content (AvgIpc) is 3.44. The zero-order valence-electron chi connectivity index (χ0n) is 18.3. The average molecular weight is 452 g/mol. The zero-order valence-corrected chi connectivity index (χ0v) is 19.1. The molecule has 0 saturated heterocycles. The van der Waals surface area contributed by atoms with Crippen molar-refractivity contribution in [2.75, 3.05) is 0 Å². The largest absolute Gasteiger partial charge is 0.478 e. The summed E-state index contributed by atoms with van der Waals surface area (Å²) in [4.78, 5) is 12.6. The molecule has 0 unspecified atom stereocenters. The SMILES string of the molecule is O=C(O)/C=C/c1c(-c2ccc(SCc3ccccc3)cc2)c(-c2ccccc2)c2n1CCC2. The number of fused-ring (bicyclic) bond motifs is 1. The molecule has 0 spiro atoms. The van der Waals surface area contributed by atoms with Gasteiger partial charge < -0.3 is 9.67 Å². The molecule has 0 saturated carbocycles. The molecule has 3 nitrogen and oxygen atoms in total. The minimum absolute atomic E-state index is 0.916. The van der Waals surface area contributed by atoms with Gasteiger partial charge in [-0.3, -0.25) is 0 Å². The second-order valence-electron chi connectivity index (χ2n) is 8.17. The van der Waals surface area contributed by atoms with Gasteiger partial charge in [-0.05, 0) is 47.7 Å². The van der Waals surface area contributed by atoms with Crippen LogP contribution >= 0.6 is 11.8 Å². The molecule has 1 aliphatic heterocycles. The molecule has 0 amide bonds. The Morgan fingerprint density at radius 1 is 0.879 bits per heavy atom. The number of thioether (sulfide) groups is 1. The van der Waals surface area contributed by atoms with Crippen molar-refractivity contribution < 1.29 is 9.90 Å². The number of nitrogens with zero attached hydrogens (tertiary/aromatic N) is 1. The summed E-state index contributed by atoms with van der Waals surface area (Å²) in [5, 5.41) is 9.30. The standard InChI is InChI=1S/C29H25NO2S/c31-27(32)18-17-26-29(28(22-10-5-2-6-11-22)25-12-7-19-30(25)26)23-13-15-24(16-14-23)33-20-21-8-3-1-4-9-21/h1-6,8-11,13-18H,7,12,19-20H2,(H,31,32)/b18-17+. The minimum atomic E-state index is -0.927. The van der Waals surface area contributed by atoms with Crippen molar-refractivity contribution in [2.24, 2.45) is 0 Å². The summed E-state index contributed by atoms with van der Waals surface area (Å²) >= 11 is 1.82. The predicted molar refractivity (Wildman–Crippen MR) is 136 cm³/mol. The molecule has 1 aliphatic rings. The van der Waals surface area contributed by atoms with Crippen LogP contribution in [-0.2, 0) is 23.5 Å². The van der Waals surface area contributed by atoms with Crippen LogP contribution in [0.4, 0.5) is 0 Å². The predicted octanol–water partition coefficient (Wildman–Crippen LogP) is 7.16. The van der Waals surface area contributed by atoms with Crippen LogP contribution in [0.15, 0.2) is 95.9 Å². The lowest BCUT2D eigenvalue weighted by Gasteiger charge is -2.10. The van der Waals surface area contributed by atoms with E-state index < -0.39 is 5.97 Å². The van der Waals surface area contributed by atoms with Gasteiger partial charge in [-0.15, -0.1) is 11.8 Å². The van der Waals surface area contributed by atoms with Gasteiger partial charge in [-0.1, -0.05) is 72.8 Å². The molecule has 0 fully saturated rings. The van der Waals surface area contributed by atoms with Crippen molar-refractivity contribution in [3.05, 3.63) is 108 Å². The first kappa shape index (κ1) is 21.4. The number of aromatic nitrogens is 1. The molecule has 0 aliphatic carbocycles. The second-order valence-corrected chi connectivity index (χ2v) is 9.22. The lowest BCUT2D eigenvalue weighted by atomic mass is 9.93. The van der Waals surface area contributed by atoms with Crippen molar-refractivity contribution in [3.8, 4) is 22.3 Å². The first-order chi connectivity index (χ1) is 16.2. The highest BCUT2D eigenvalue weighted by Gasteiger charge is 2.26. The van der Waals surface area contributed by atoms with E-state index in [1.165, 1.54) is 33.4 Å². The molecule has 4 heteroatoms. The van der Waals surface area contributed by atoms with E-state index in [0.717, 1.165) is 42.0 Å². The monoisotopic (exact) mass is 451 g/mol. The van der Waals surface area contributed by atoms with Crippen LogP contribution in [0.1, 0.15) is 23.4 Å². The molecule has 0 bridgehead atoms. The van der Waals surface area contributed by atoms with Gasteiger partial charge in [0.1, 0.15) is 0 Å². The van der Waals surface area contributed by atoms with Gasteiger partial charge in [0.15, 0.2) is 0 Å². The highest BCUT2D eigenvalue weighted by atomic mass is 32.2. The van der Waals surface area contributed by atoms with Gasteiger partial charge in [0.2, 0.25) is 0 Å².